The minimum atomic E-state index is -1.11. The molecular formula is C25H26N4O3. The molecule has 0 spiro atoms. The molecule has 3 aromatic rings. The number of rotatable bonds is 5. The van der Waals surface area contributed by atoms with Crippen LogP contribution in [0.1, 0.15) is 61.3 Å². The van der Waals surface area contributed by atoms with E-state index < -0.39 is 11.6 Å². The van der Waals surface area contributed by atoms with E-state index >= 15 is 0 Å². The van der Waals surface area contributed by atoms with Crippen molar-refractivity contribution >= 4 is 11.9 Å². The van der Waals surface area contributed by atoms with Crippen LogP contribution in [0.4, 0.5) is 4.79 Å². The van der Waals surface area contributed by atoms with Crippen LogP contribution < -0.4 is 5.32 Å². The number of imide groups is 1. The predicted molar refractivity (Wildman–Crippen MR) is 119 cm³/mol. The summed E-state index contributed by atoms with van der Waals surface area (Å²) < 4.78 is 5.35. The molecule has 1 aliphatic heterocycles. The standard InChI is InChI=1S/C25H26N4O3/c1-15(2)16-7-9-18(10-8-16)22-26-21(32-28-22)14-29-23(30)25(3,27-24(29)31)20-12-11-17-5-4-6-19(17)13-20/h7-13,15H,4-6,14H2,1-3H3,(H,27,31). The molecule has 32 heavy (non-hydrogen) atoms. The minimum absolute atomic E-state index is 0.0672. The Balaban J connectivity index is 1.35. The summed E-state index contributed by atoms with van der Waals surface area (Å²) in [6, 6.07) is 13.6. The molecule has 1 unspecified atom stereocenters. The summed E-state index contributed by atoms with van der Waals surface area (Å²) in [5, 5.41) is 6.89. The van der Waals surface area contributed by atoms with Crippen molar-refractivity contribution in [3.63, 3.8) is 0 Å². The number of amides is 3. The lowest BCUT2D eigenvalue weighted by Crippen LogP contribution is -2.41. The lowest BCUT2D eigenvalue weighted by Gasteiger charge is -2.22. The lowest BCUT2D eigenvalue weighted by atomic mass is 9.90. The average molecular weight is 431 g/mol. The molecule has 164 valence electrons. The molecule has 7 heteroatoms. The number of fused-ring (bicyclic) bond motifs is 1. The molecular weight excluding hydrogens is 404 g/mol. The van der Waals surface area contributed by atoms with Gasteiger partial charge in [0.25, 0.3) is 5.91 Å². The van der Waals surface area contributed by atoms with E-state index in [-0.39, 0.29) is 18.3 Å². The summed E-state index contributed by atoms with van der Waals surface area (Å²) in [5.74, 6) is 0.768. The Morgan fingerprint density at radius 1 is 1.09 bits per heavy atom. The third kappa shape index (κ3) is 3.38. The van der Waals surface area contributed by atoms with Crippen LogP contribution in [0.3, 0.4) is 0 Å². The van der Waals surface area contributed by atoms with Gasteiger partial charge in [0.15, 0.2) is 0 Å². The monoisotopic (exact) mass is 430 g/mol. The van der Waals surface area contributed by atoms with E-state index in [0.717, 1.165) is 35.3 Å². The summed E-state index contributed by atoms with van der Waals surface area (Å²) >= 11 is 0. The number of aryl methyl sites for hydroxylation is 2. The quantitative estimate of drug-likeness (QED) is 0.609. The van der Waals surface area contributed by atoms with Crippen LogP contribution >= 0.6 is 0 Å². The number of nitrogens with one attached hydrogen (secondary N) is 1. The normalized spacial score (nSPS) is 20.2. The van der Waals surface area contributed by atoms with Gasteiger partial charge in [0.2, 0.25) is 11.7 Å². The molecule has 1 atom stereocenters. The van der Waals surface area contributed by atoms with Crippen LogP contribution in [0.2, 0.25) is 0 Å². The molecule has 0 bridgehead atoms. The molecule has 1 fully saturated rings. The molecule has 2 aromatic carbocycles. The number of carbonyl (C=O) groups is 2. The van der Waals surface area contributed by atoms with Crippen molar-refractivity contribution in [2.24, 2.45) is 0 Å². The summed E-state index contributed by atoms with van der Waals surface area (Å²) in [6.45, 7) is 5.95. The average Bonchev–Trinajstić information content (AvgIpc) is 3.49. The van der Waals surface area contributed by atoms with Gasteiger partial charge in [-0.2, -0.15) is 4.98 Å². The van der Waals surface area contributed by atoms with Crippen molar-refractivity contribution in [3.8, 4) is 11.4 Å². The van der Waals surface area contributed by atoms with Crippen molar-refractivity contribution in [1.82, 2.24) is 20.4 Å². The van der Waals surface area contributed by atoms with Gasteiger partial charge in [0.05, 0.1) is 0 Å². The molecule has 1 saturated heterocycles. The van der Waals surface area contributed by atoms with Crippen LogP contribution in [-0.2, 0) is 29.7 Å². The van der Waals surface area contributed by atoms with Crippen LogP contribution in [0.5, 0.6) is 0 Å². The summed E-state index contributed by atoms with van der Waals surface area (Å²) in [5.41, 5.74) is 4.33. The van der Waals surface area contributed by atoms with Crippen molar-refractivity contribution in [1.29, 1.82) is 0 Å². The SMILES string of the molecule is CC(C)c1ccc(-c2noc(CN3C(=O)NC(C)(c4ccc5c(c4)CCC5)C3=O)n2)cc1. The predicted octanol–water partition coefficient (Wildman–Crippen LogP) is 4.32. The molecule has 1 N–H and O–H groups in total. The highest BCUT2D eigenvalue weighted by atomic mass is 16.5. The van der Waals surface area contributed by atoms with E-state index in [1.807, 2.05) is 30.3 Å². The number of benzene rings is 2. The highest BCUT2D eigenvalue weighted by Crippen LogP contribution is 2.33. The Kier molecular flexibility index (Phi) is 4.84. The molecule has 0 radical (unpaired) electrons. The van der Waals surface area contributed by atoms with E-state index in [1.54, 1.807) is 6.92 Å². The summed E-state index contributed by atoms with van der Waals surface area (Å²) in [7, 11) is 0. The van der Waals surface area contributed by atoms with Crippen LogP contribution in [0, 0.1) is 0 Å². The second kappa shape index (κ2) is 7.58. The Morgan fingerprint density at radius 3 is 2.59 bits per heavy atom. The van der Waals surface area contributed by atoms with Gasteiger partial charge in [-0.15, -0.1) is 0 Å². The van der Waals surface area contributed by atoms with Crippen LogP contribution in [-0.4, -0.2) is 27.0 Å². The first-order valence-electron chi connectivity index (χ1n) is 11.0. The molecule has 2 aliphatic rings. The first-order valence-corrected chi connectivity index (χ1v) is 11.0. The highest BCUT2D eigenvalue weighted by Gasteiger charge is 2.49. The maximum atomic E-state index is 13.3. The largest absolute Gasteiger partial charge is 0.337 e. The molecule has 7 nitrogen and oxygen atoms in total. The van der Waals surface area contributed by atoms with E-state index in [1.165, 1.54) is 16.7 Å². The Bertz CT molecular complexity index is 1200. The fourth-order valence-corrected chi connectivity index (χ4v) is 4.51. The zero-order chi connectivity index (χ0) is 22.5. The fraction of sp³-hybridized carbons (Fsp3) is 0.360. The number of hydrogen-bond donors (Lipinski definition) is 1. The third-order valence-electron chi connectivity index (χ3n) is 6.55. The van der Waals surface area contributed by atoms with Gasteiger partial charge in [-0.05, 0) is 54.4 Å². The van der Waals surface area contributed by atoms with Crippen molar-refractivity contribution in [2.75, 3.05) is 0 Å². The van der Waals surface area contributed by atoms with Crippen molar-refractivity contribution in [3.05, 3.63) is 70.6 Å². The first kappa shape index (κ1) is 20.4. The fourth-order valence-electron chi connectivity index (χ4n) is 4.51. The molecule has 1 aliphatic carbocycles. The molecule has 3 amide bonds. The van der Waals surface area contributed by atoms with Gasteiger partial charge in [-0.3, -0.25) is 9.69 Å². The van der Waals surface area contributed by atoms with Crippen LogP contribution in [0.15, 0.2) is 47.0 Å². The number of hydrogen-bond acceptors (Lipinski definition) is 5. The van der Waals surface area contributed by atoms with Crippen molar-refractivity contribution in [2.45, 2.75) is 58.0 Å². The molecule has 0 saturated carbocycles. The zero-order valence-corrected chi connectivity index (χ0v) is 18.5. The van der Waals surface area contributed by atoms with E-state index in [4.69, 9.17) is 4.52 Å². The Hall–Kier alpha value is -3.48. The first-order chi connectivity index (χ1) is 15.3. The minimum Gasteiger partial charge on any atom is -0.337 e. The van der Waals surface area contributed by atoms with Crippen molar-refractivity contribution < 1.29 is 14.1 Å². The van der Waals surface area contributed by atoms with Gasteiger partial charge < -0.3 is 9.84 Å². The zero-order valence-electron chi connectivity index (χ0n) is 18.5. The Morgan fingerprint density at radius 2 is 1.84 bits per heavy atom. The van der Waals surface area contributed by atoms with Crippen LogP contribution in [0.25, 0.3) is 11.4 Å². The van der Waals surface area contributed by atoms with E-state index in [0.29, 0.717) is 11.7 Å². The number of nitrogens with zero attached hydrogens (tertiary/aromatic N) is 3. The van der Waals surface area contributed by atoms with E-state index in [9.17, 15) is 9.59 Å². The molecule has 1 aromatic heterocycles. The molecule has 2 heterocycles. The Labute approximate surface area is 186 Å². The van der Waals surface area contributed by atoms with Gasteiger partial charge in [0.1, 0.15) is 12.1 Å². The molecule has 5 rings (SSSR count). The second-order valence-corrected chi connectivity index (χ2v) is 9.07. The topological polar surface area (TPSA) is 88.3 Å². The summed E-state index contributed by atoms with van der Waals surface area (Å²) in [6.07, 6.45) is 3.20. The van der Waals surface area contributed by atoms with E-state index in [2.05, 4.69) is 41.4 Å². The summed E-state index contributed by atoms with van der Waals surface area (Å²) in [4.78, 5) is 31.5. The number of urea groups is 1. The highest BCUT2D eigenvalue weighted by molar-refractivity contribution is 6.07. The smallest absolute Gasteiger partial charge is 0.325 e. The second-order valence-electron chi connectivity index (χ2n) is 9.07. The number of carbonyl (C=O) groups excluding carboxylic acids is 2. The maximum absolute atomic E-state index is 13.3. The third-order valence-corrected chi connectivity index (χ3v) is 6.55. The van der Waals surface area contributed by atoms with Gasteiger partial charge in [-0.1, -0.05) is 61.5 Å². The number of aromatic nitrogens is 2. The lowest BCUT2D eigenvalue weighted by molar-refractivity contribution is -0.131. The van der Waals surface area contributed by atoms with Gasteiger partial charge in [-0.25, -0.2) is 4.79 Å². The van der Waals surface area contributed by atoms with Gasteiger partial charge >= 0.3 is 6.03 Å². The van der Waals surface area contributed by atoms with Gasteiger partial charge in [0, 0.05) is 5.56 Å². The maximum Gasteiger partial charge on any atom is 0.325 e.